The number of nitrogens with one attached hydrogen (secondary N) is 2. The first-order valence-corrected chi connectivity index (χ1v) is 4.78. The fraction of sp³-hybridized carbons (Fsp3) is 0.400. The van der Waals surface area contributed by atoms with Gasteiger partial charge in [-0.2, -0.15) is 0 Å². The average Bonchev–Trinajstić information content (AvgIpc) is 2.60. The van der Waals surface area contributed by atoms with E-state index in [4.69, 9.17) is 4.52 Å². The van der Waals surface area contributed by atoms with Crippen LogP contribution in [0.1, 0.15) is 26.0 Å². The van der Waals surface area contributed by atoms with E-state index in [1.807, 2.05) is 13.8 Å². The van der Waals surface area contributed by atoms with Gasteiger partial charge in [0.05, 0.1) is 0 Å². The summed E-state index contributed by atoms with van der Waals surface area (Å²) in [7, 11) is 0. The average molecular weight is 209 g/mol. The molecule has 0 radical (unpaired) electrons. The fourth-order valence-corrected chi connectivity index (χ4v) is 0.869. The monoisotopic (exact) mass is 209 g/mol. The van der Waals surface area contributed by atoms with E-state index < -0.39 is 0 Å². The van der Waals surface area contributed by atoms with Crippen LogP contribution in [-0.4, -0.2) is 11.2 Å². The van der Waals surface area contributed by atoms with Crippen LogP contribution in [0.25, 0.3) is 0 Å². The first kappa shape index (κ1) is 11.3. The second kappa shape index (κ2) is 5.19. The molecule has 0 saturated heterocycles. The lowest BCUT2D eigenvalue weighted by molar-refractivity contribution is 0.254. The van der Waals surface area contributed by atoms with Crippen molar-refractivity contribution in [3.63, 3.8) is 0 Å². The lowest BCUT2D eigenvalue weighted by Crippen LogP contribution is -2.24. The highest BCUT2D eigenvalue weighted by Crippen LogP contribution is 2.06. The summed E-state index contributed by atoms with van der Waals surface area (Å²) in [5.74, 6) is 1.07. The summed E-state index contributed by atoms with van der Waals surface area (Å²) in [6.45, 7) is 5.73. The van der Waals surface area contributed by atoms with Gasteiger partial charge in [0.25, 0.3) is 0 Å². The molecule has 2 N–H and O–H groups in total. The number of nitrogens with zero attached hydrogens (tertiary/aromatic N) is 1. The second-order valence-corrected chi connectivity index (χ2v) is 3.27. The molecule has 5 heteroatoms. The van der Waals surface area contributed by atoms with E-state index in [0.29, 0.717) is 11.6 Å². The zero-order valence-corrected chi connectivity index (χ0v) is 9.13. The highest BCUT2D eigenvalue weighted by Gasteiger charge is 2.03. The summed E-state index contributed by atoms with van der Waals surface area (Å²) in [5, 5.41) is 8.78. The van der Waals surface area contributed by atoms with Crippen LogP contribution in [0, 0.1) is 6.92 Å². The summed E-state index contributed by atoms with van der Waals surface area (Å²) >= 11 is 0. The number of carbonyl (C=O) groups is 1. The minimum atomic E-state index is -0.323. The van der Waals surface area contributed by atoms with Gasteiger partial charge in [-0.3, -0.25) is 5.32 Å². The Labute approximate surface area is 88.5 Å². The lowest BCUT2D eigenvalue weighted by atomic mass is 10.3. The van der Waals surface area contributed by atoms with Gasteiger partial charge >= 0.3 is 6.03 Å². The molecule has 1 aromatic rings. The van der Waals surface area contributed by atoms with Crippen LogP contribution < -0.4 is 10.6 Å². The van der Waals surface area contributed by atoms with Crippen molar-refractivity contribution >= 4 is 11.8 Å². The number of hydrogen-bond acceptors (Lipinski definition) is 3. The van der Waals surface area contributed by atoms with E-state index in [2.05, 4.69) is 15.8 Å². The number of anilines is 1. The molecule has 0 fully saturated rings. The SMILES string of the molecule is CC/C(C)=C/NC(=O)Nc1cc(C)on1. The molecule has 0 aliphatic rings. The third-order valence-corrected chi connectivity index (χ3v) is 1.88. The Morgan fingerprint density at radius 1 is 1.67 bits per heavy atom. The maximum atomic E-state index is 11.3. The second-order valence-electron chi connectivity index (χ2n) is 3.27. The molecule has 82 valence electrons. The van der Waals surface area contributed by atoms with E-state index in [0.717, 1.165) is 12.0 Å². The summed E-state index contributed by atoms with van der Waals surface area (Å²) < 4.78 is 4.80. The van der Waals surface area contributed by atoms with Crippen LogP contribution >= 0.6 is 0 Å². The van der Waals surface area contributed by atoms with Gasteiger partial charge in [-0.15, -0.1) is 0 Å². The number of carbonyl (C=O) groups excluding carboxylic acids is 1. The van der Waals surface area contributed by atoms with Gasteiger partial charge in [-0.1, -0.05) is 17.7 Å². The number of amides is 2. The van der Waals surface area contributed by atoms with E-state index in [-0.39, 0.29) is 6.03 Å². The Morgan fingerprint density at radius 3 is 2.93 bits per heavy atom. The minimum Gasteiger partial charge on any atom is -0.360 e. The smallest absolute Gasteiger partial charge is 0.324 e. The molecule has 15 heavy (non-hydrogen) atoms. The molecular formula is C10H15N3O2. The molecular weight excluding hydrogens is 194 g/mol. The van der Waals surface area contributed by atoms with Crippen molar-refractivity contribution in [3.05, 3.63) is 23.6 Å². The molecule has 1 heterocycles. The molecule has 0 spiro atoms. The summed E-state index contributed by atoms with van der Waals surface area (Å²) in [4.78, 5) is 11.3. The predicted octanol–water partition coefficient (Wildman–Crippen LogP) is 2.42. The van der Waals surface area contributed by atoms with E-state index >= 15 is 0 Å². The van der Waals surface area contributed by atoms with E-state index in [1.165, 1.54) is 0 Å². The Kier molecular flexibility index (Phi) is 3.91. The van der Waals surface area contributed by atoms with E-state index in [1.54, 1.807) is 19.2 Å². The van der Waals surface area contributed by atoms with Gasteiger partial charge in [-0.25, -0.2) is 4.79 Å². The Balaban J connectivity index is 2.43. The normalized spacial score (nSPS) is 11.3. The van der Waals surface area contributed by atoms with Crippen molar-refractivity contribution < 1.29 is 9.32 Å². The van der Waals surface area contributed by atoms with Crippen molar-refractivity contribution in [2.24, 2.45) is 0 Å². The zero-order valence-electron chi connectivity index (χ0n) is 9.13. The number of allylic oxidation sites excluding steroid dienone is 1. The number of rotatable bonds is 3. The molecule has 5 nitrogen and oxygen atoms in total. The lowest BCUT2D eigenvalue weighted by Gasteiger charge is -2.01. The predicted molar refractivity (Wildman–Crippen MR) is 57.4 cm³/mol. The number of aryl methyl sites for hydroxylation is 1. The largest absolute Gasteiger partial charge is 0.360 e. The van der Waals surface area contributed by atoms with Crippen LogP contribution in [0.15, 0.2) is 22.4 Å². The Hall–Kier alpha value is -1.78. The van der Waals surface area contributed by atoms with Crippen molar-refractivity contribution in [1.82, 2.24) is 10.5 Å². The molecule has 0 aliphatic heterocycles. The zero-order chi connectivity index (χ0) is 11.3. The van der Waals surface area contributed by atoms with Gasteiger partial charge in [0.1, 0.15) is 5.76 Å². The maximum Gasteiger partial charge on any atom is 0.324 e. The van der Waals surface area contributed by atoms with Crippen LogP contribution in [0.5, 0.6) is 0 Å². The summed E-state index contributed by atoms with van der Waals surface area (Å²) in [6, 6.07) is 1.33. The first-order valence-electron chi connectivity index (χ1n) is 4.78. The number of urea groups is 1. The number of hydrogen-bond donors (Lipinski definition) is 2. The van der Waals surface area contributed by atoms with Crippen LogP contribution in [0.4, 0.5) is 10.6 Å². The van der Waals surface area contributed by atoms with Gasteiger partial charge in [-0.05, 0) is 20.3 Å². The molecule has 0 unspecified atom stereocenters. The van der Waals surface area contributed by atoms with Crippen molar-refractivity contribution in [3.8, 4) is 0 Å². The molecule has 0 atom stereocenters. The molecule has 0 aromatic carbocycles. The first-order chi connectivity index (χ1) is 7.11. The quantitative estimate of drug-likeness (QED) is 0.803. The molecule has 0 saturated carbocycles. The van der Waals surface area contributed by atoms with Crippen LogP contribution in [0.2, 0.25) is 0 Å². The van der Waals surface area contributed by atoms with Crippen LogP contribution in [0.3, 0.4) is 0 Å². The summed E-state index contributed by atoms with van der Waals surface area (Å²) in [6.07, 6.45) is 2.58. The highest BCUT2D eigenvalue weighted by atomic mass is 16.5. The third kappa shape index (κ3) is 3.84. The third-order valence-electron chi connectivity index (χ3n) is 1.88. The standard InChI is InChI=1S/C10H15N3O2/c1-4-7(2)6-11-10(14)12-9-5-8(3)15-13-9/h5-6H,4H2,1-3H3,(H2,11,12,13,14)/b7-6+. The van der Waals surface area contributed by atoms with Gasteiger partial charge in [0, 0.05) is 12.3 Å². The molecule has 0 bridgehead atoms. The molecule has 1 rings (SSSR count). The van der Waals surface area contributed by atoms with Crippen molar-refractivity contribution in [1.29, 1.82) is 0 Å². The molecule has 2 amide bonds. The topological polar surface area (TPSA) is 67.2 Å². The Morgan fingerprint density at radius 2 is 2.40 bits per heavy atom. The molecule has 1 aromatic heterocycles. The van der Waals surface area contributed by atoms with E-state index in [9.17, 15) is 4.79 Å². The minimum absolute atomic E-state index is 0.323. The van der Waals surface area contributed by atoms with Crippen LogP contribution in [-0.2, 0) is 0 Å². The van der Waals surface area contributed by atoms with Gasteiger partial charge in [0.2, 0.25) is 0 Å². The fourth-order valence-electron chi connectivity index (χ4n) is 0.869. The highest BCUT2D eigenvalue weighted by molar-refractivity contribution is 5.88. The molecule has 0 aliphatic carbocycles. The Bertz CT molecular complexity index is 368. The van der Waals surface area contributed by atoms with Gasteiger partial charge in [0.15, 0.2) is 5.82 Å². The van der Waals surface area contributed by atoms with Crippen molar-refractivity contribution in [2.45, 2.75) is 27.2 Å². The maximum absolute atomic E-state index is 11.3. The van der Waals surface area contributed by atoms with Crippen molar-refractivity contribution in [2.75, 3.05) is 5.32 Å². The summed E-state index contributed by atoms with van der Waals surface area (Å²) in [5.41, 5.74) is 1.10. The number of aromatic nitrogens is 1. The van der Waals surface area contributed by atoms with Gasteiger partial charge < -0.3 is 9.84 Å².